The third-order valence-electron chi connectivity index (χ3n) is 11.4. The molecule has 0 saturated carbocycles. The van der Waals surface area contributed by atoms with E-state index < -0.39 is 0 Å². The van der Waals surface area contributed by atoms with Gasteiger partial charge in [-0.25, -0.2) is 0 Å². The molecule has 4 aromatic rings. The number of fused-ring (bicyclic) bond motifs is 6. The van der Waals surface area contributed by atoms with Crippen LogP contribution in [0.15, 0.2) is 119 Å². The Bertz CT molecular complexity index is 2360. The summed E-state index contributed by atoms with van der Waals surface area (Å²) in [5.41, 5.74) is 8.87. The molecule has 2 heterocycles. The highest BCUT2D eigenvalue weighted by Crippen LogP contribution is 2.55. The molecule has 0 aromatic heterocycles. The van der Waals surface area contributed by atoms with Gasteiger partial charge in [0.2, 0.25) is 5.69 Å². The maximum absolute atomic E-state index is 10.3. The average molecular weight is 798 g/mol. The first-order valence-corrected chi connectivity index (χ1v) is 19.5. The van der Waals surface area contributed by atoms with Crippen molar-refractivity contribution in [3.8, 4) is 12.1 Å². The topological polar surface area (TPSA) is 63.1 Å². The summed E-state index contributed by atoms with van der Waals surface area (Å²) in [6.45, 7) is 12.3. The highest BCUT2D eigenvalue weighted by Gasteiger charge is 2.48. The Morgan fingerprint density at radius 3 is 2.06 bits per heavy atom. The van der Waals surface area contributed by atoms with Crippen molar-refractivity contribution in [1.82, 2.24) is 0 Å². The molecule has 0 radical (unpaired) electrons. The van der Waals surface area contributed by atoms with Gasteiger partial charge in [0.1, 0.15) is 30.0 Å². The van der Waals surface area contributed by atoms with Gasteiger partial charge in [-0.3, -0.25) is 3.11 Å². The fraction of sp³-hybridized carbons (Fsp3) is 0.326. The van der Waals surface area contributed by atoms with Gasteiger partial charge >= 0.3 is 0 Å². The first-order valence-electron chi connectivity index (χ1n) is 18.5. The van der Waals surface area contributed by atoms with E-state index in [0.717, 1.165) is 41.2 Å². The molecule has 0 unspecified atom stereocenters. The zero-order valence-corrected chi connectivity index (χ0v) is 33.3. The quantitative estimate of drug-likeness (QED) is 0.0527. The van der Waals surface area contributed by atoms with Crippen molar-refractivity contribution >= 4 is 61.5 Å². The van der Waals surface area contributed by atoms with Crippen LogP contribution in [0.4, 0.5) is 11.4 Å². The summed E-state index contributed by atoms with van der Waals surface area (Å²) in [5, 5.41) is 25.6. The van der Waals surface area contributed by atoms with Gasteiger partial charge in [-0.2, -0.15) is 15.1 Å². The fourth-order valence-electron chi connectivity index (χ4n) is 8.74. The van der Waals surface area contributed by atoms with Gasteiger partial charge in [-0.1, -0.05) is 101 Å². The molecule has 4 aromatic carbocycles. The predicted octanol–water partition coefficient (Wildman–Crippen LogP) is 11.9. The van der Waals surface area contributed by atoms with E-state index in [1.54, 1.807) is 7.11 Å². The molecular formula is C46H46IN4O+. The molecule has 0 bridgehead atoms. The molecule has 0 fully saturated rings. The average Bonchev–Trinajstić information content (AvgIpc) is 3.48. The first kappa shape index (κ1) is 35.7. The number of benzene rings is 4. The molecule has 6 heteroatoms. The lowest BCUT2D eigenvalue weighted by atomic mass is 9.74. The SMILES string of the molecule is CCCCCCCC[N+]1=C(/C=C2C(OC)=C(/C=C3/N(I)c4ccc5ccccc5c4C3(C)C)C\2=C(C#N)C#N)C(C)(C)c2c1ccc1ccccc21. The van der Waals surface area contributed by atoms with Crippen molar-refractivity contribution in [3.63, 3.8) is 0 Å². The molecule has 0 atom stereocenters. The predicted molar refractivity (Wildman–Crippen MR) is 222 cm³/mol. The van der Waals surface area contributed by atoms with Gasteiger partial charge in [-0.15, -0.1) is 0 Å². The lowest BCUT2D eigenvalue weighted by molar-refractivity contribution is -0.438. The lowest BCUT2D eigenvalue weighted by Crippen LogP contribution is -2.30. The number of hydrogen-bond donors (Lipinski definition) is 0. The Balaban J connectivity index is 1.39. The van der Waals surface area contributed by atoms with Crippen LogP contribution in [0.5, 0.6) is 0 Å². The molecule has 2 aliphatic heterocycles. The van der Waals surface area contributed by atoms with Gasteiger partial charge in [0.05, 0.1) is 41.1 Å². The Kier molecular flexibility index (Phi) is 9.65. The Morgan fingerprint density at radius 1 is 0.788 bits per heavy atom. The third kappa shape index (κ3) is 5.67. The number of anilines is 1. The molecule has 0 amide bonds. The van der Waals surface area contributed by atoms with Crippen LogP contribution in [-0.4, -0.2) is 23.9 Å². The number of unbranched alkanes of at least 4 members (excludes halogenated alkanes) is 5. The molecule has 0 N–H and O–H groups in total. The minimum Gasteiger partial charge on any atom is -0.495 e. The van der Waals surface area contributed by atoms with Crippen molar-refractivity contribution in [3.05, 3.63) is 130 Å². The maximum atomic E-state index is 10.3. The molecule has 7 rings (SSSR count). The van der Waals surface area contributed by atoms with Gasteiger partial charge in [0.25, 0.3) is 0 Å². The zero-order chi connectivity index (χ0) is 36.8. The monoisotopic (exact) mass is 797 g/mol. The number of rotatable bonds is 10. The second-order valence-corrected chi connectivity index (χ2v) is 16.2. The number of halogens is 1. The van der Waals surface area contributed by atoms with E-state index in [-0.39, 0.29) is 16.4 Å². The summed E-state index contributed by atoms with van der Waals surface area (Å²) >= 11 is 2.39. The van der Waals surface area contributed by atoms with E-state index in [2.05, 4.69) is 162 Å². The van der Waals surface area contributed by atoms with Gasteiger partial charge in [-0.05, 0) is 65.6 Å². The first-order chi connectivity index (χ1) is 25.1. The highest BCUT2D eigenvalue weighted by molar-refractivity contribution is 14.1. The smallest absolute Gasteiger partial charge is 0.210 e. The molecular weight excluding hydrogens is 751 g/mol. The number of allylic oxidation sites excluding steroid dienone is 6. The van der Waals surface area contributed by atoms with Crippen molar-refractivity contribution in [2.45, 2.75) is 84.0 Å². The van der Waals surface area contributed by atoms with Crippen LogP contribution in [-0.2, 0) is 15.6 Å². The molecule has 262 valence electrons. The summed E-state index contributed by atoms with van der Waals surface area (Å²) in [6.07, 6.45) is 11.7. The third-order valence-corrected chi connectivity index (χ3v) is 12.4. The van der Waals surface area contributed by atoms with Crippen molar-refractivity contribution < 1.29 is 9.31 Å². The standard InChI is InChI=1S/C46H46IN4O/c1-7-8-9-10-11-16-25-50-37-23-21-30-17-12-14-19-33(30)42(37)45(2,3)39(50)26-35-41(32(28-48)29-49)36(44(35)52-6)27-40-46(4,5)43-34-20-15-13-18-31(34)22-24-38(43)51(40)47/h12-15,17-24,26-27H,7-11,16,25H2,1-6H3/q+1. The van der Waals surface area contributed by atoms with Crippen molar-refractivity contribution in [2.24, 2.45) is 0 Å². The molecule has 52 heavy (non-hydrogen) atoms. The second-order valence-electron chi connectivity index (χ2n) is 15.2. The van der Waals surface area contributed by atoms with Crippen LogP contribution in [0.3, 0.4) is 0 Å². The van der Waals surface area contributed by atoms with E-state index in [9.17, 15) is 10.5 Å². The zero-order valence-electron chi connectivity index (χ0n) is 31.1. The highest BCUT2D eigenvalue weighted by atomic mass is 127. The van der Waals surface area contributed by atoms with Gasteiger partial charge < -0.3 is 4.74 Å². The van der Waals surface area contributed by atoms with Crippen LogP contribution in [0.25, 0.3) is 21.5 Å². The minimum absolute atomic E-state index is 0.0968. The van der Waals surface area contributed by atoms with E-state index >= 15 is 0 Å². The Labute approximate surface area is 322 Å². The molecule has 0 saturated heterocycles. The summed E-state index contributed by atoms with van der Waals surface area (Å²) in [6, 6.07) is 30.5. The van der Waals surface area contributed by atoms with Crippen molar-refractivity contribution in [1.29, 1.82) is 10.5 Å². The van der Waals surface area contributed by atoms with Crippen LogP contribution in [0.2, 0.25) is 0 Å². The number of ether oxygens (including phenoxy) is 1. The number of nitriles is 2. The van der Waals surface area contributed by atoms with Gasteiger partial charge in [0.15, 0.2) is 5.71 Å². The Hall–Kier alpha value is -4.66. The number of nitrogens with zero attached hydrogens (tertiary/aromatic N) is 4. The summed E-state index contributed by atoms with van der Waals surface area (Å²) in [5.74, 6) is 0.704. The summed E-state index contributed by atoms with van der Waals surface area (Å²) < 4.78 is 10.9. The largest absolute Gasteiger partial charge is 0.495 e. The van der Waals surface area contributed by atoms with Crippen molar-refractivity contribution in [2.75, 3.05) is 16.8 Å². The van der Waals surface area contributed by atoms with Crippen LogP contribution < -0.4 is 3.11 Å². The van der Waals surface area contributed by atoms with Crippen LogP contribution in [0, 0.1) is 22.7 Å². The van der Waals surface area contributed by atoms with E-state index in [4.69, 9.17) is 4.74 Å². The normalized spacial score (nSPS) is 18.6. The van der Waals surface area contributed by atoms with E-state index in [0.29, 0.717) is 11.3 Å². The maximum Gasteiger partial charge on any atom is 0.210 e. The van der Waals surface area contributed by atoms with Crippen LogP contribution in [0.1, 0.15) is 84.3 Å². The molecule has 0 spiro atoms. The summed E-state index contributed by atoms with van der Waals surface area (Å²) in [4.78, 5) is 0. The van der Waals surface area contributed by atoms with E-state index in [1.165, 1.54) is 70.5 Å². The summed E-state index contributed by atoms with van der Waals surface area (Å²) in [7, 11) is 1.70. The molecule has 5 nitrogen and oxygen atoms in total. The minimum atomic E-state index is -0.341. The fourth-order valence-corrected chi connectivity index (χ4v) is 9.88. The Morgan fingerprint density at radius 2 is 1.40 bits per heavy atom. The second kappa shape index (κ2) is 14.1. The number of methoxy groups -OCH3 is 1. The van der Waals surface area contributed by atoms with E-state index in [1.807, 2.05) is 0 Å². The number of hydrogen-bond acceptors (Lipinski definition) is 4. The van der Waals surface area contributed by atoms with Gasteiger partial charge in [0, 0.05) is 52.0 Å². The van der Waals surface area contributed by atoms with Crippen LogP contribution >= 0.6 is 22.9 Å². The molecule has 1 aliphatic carbocycles. The molecule has 3 aliphatic rings. The lowest BCUT2D eigenvalue weighted by Gasteiger charge is -2.31.